The molecular formula is C10H11ClN4O2. The lowest BCUT2D eigenvalue weighted by Crippen LogP contribution is -2.00. The van der Waals surface area contributed by atoms with Gasteiger partial charge < -0.3 is 14.5 Å². The smallest absolute Gasteiger partial charge is 0.315 e. The summed E-state index contributed by atoms with van der Waals surface area (Å²) < 4.78 is 10.2. The second kappa shape index (κ2) is 5.49. The van der Waals surface area contributed by atoms with Crippen molar-refractivity contribution < 1.29 is 9.15 Å². The van der Waals surface area contributed by atoms with Crippen LogP contribution in [0.3, 0.4) is 0 Å². The quantitative estimate of drug-likeness (QED) is 0.821. The summed E-state index contributed by atoms with van der Waals surface area (Å²) in [6.45, 7) is 0.544. The average molecular weight is 255 g/mol. The van der Waals surface area contributed by atoms with Crippen LogP contribution < -0.4 is 10.1 Å². The maximum absolute atomic E-state index is 5.55. The predicted octanol–water partition coefficient (Wildman–Crippen LogP) is 1.82. The summed E-state index contributed by atoms with van der Waals surface area (Å²) in [5.41, 5.74) is 1.00. The number of alkyl halides is 1. The van der Waals surface area contributed by atoms with Gasteiger partial charge >= 0.3 is 6.01 Å². The van der Waals surface area contributed by atoms with Crippen molar-refractivity contribution in [2.24, 2.45) is 0 Å². The highest BCUT2D eigenvalue weighted by Crippen LogP contribution is 2.12. The molecule has 2 aromatic rings. The predicted molar refractivity (Wildman–Crippen MR) is 62.0 cm³/mol. The van der Waals surface area contributed by atoms with Crippen molar-refractivity contribution in [2.45, 2.75) is 12.4 Å². The minimum Gasteiger partial charge on any atom is -0.481 e. The molecule has 0 aliphatic rings. The molecule has 2 rings (SSSR count). The van der Waals surface area contributed by atoms with E-state index in [-0.39, 0.29) is 5.88 Å². The number of hydrogen-bond donors (Lipinski definition) is 1. The van der Waals surface area contributed by atoms with Gasteiger partial charge in [-0.1, -0.05) is 5.10 Å². The second-order valence-electron chi connectivity index (χ2n) is 3.19. The Morgan fingerprint density at radius 2 is 2.35 bits per heavy atom. The molecule has 0 saturated heterocycles. The number of anilines is 1. The van der Waals surface area contributed by atoms with Gasteiger partial charge in [0.25, 0.3) is 0 Å². The lowest BCUT2D eigenvalue weighted by molar-refractivity contribution is 0.397. The van der Waals surface area contributed by atoms with Gasteiger partial charge in [-0.25, -0.2) is 4.98 Å². The minimum atomic E-state index is 0.206. The van der Waals surface area contributed by atoms with Crippen LogP contribution >= 0.6 is 11.6 Å². The Hall–Kier alpha value is -1.82. The Morgan fingerprint density at radius 3 is 3.06 bits per heavy atom. The van der Waals surface area contributed by atoms with Gasteiger partial charge in [0.2, 0.25) is 11.8 Å². The number of nitrogens with zero attached hydrogens (tertiary/aromatic N) is 3. The van der Waals surface area contributed by atoms with Gasteiger partial charge in [-0.05, 0) is 11.6 Å². The van der Waals surface area contributed by atoms with Gasteiger partial charge in [-0.15, -0.1) is 16.7 Å². The van der Waals surface area contributed by atoms with E-state index in [4.69, 9.17) is 20.8 Å². The molecule has 1 N–H and O–H groups in total. The zero-order chi connectivity index (χ0) is 12.1. The Labute approximate surface area is 103 Å². The molecule has 0 aliphatic carbocycles. The van der Waals surface area contributed by atoms with E-state index < -0.39 is 0 Å². The first-order chi connectivity index (χ1) is 8.31. The van der Waals surface area contributed by atoms with Crippen molar-refractivity contribution in [1.29, 1.82) is 0 Å². The number of aromatic nitrogens is 3. The highest BCUT2D eigenvalue weighted by molar-refractivity contribution is 6.16. The first-order valence-corrected chi connectivity index (χ1v) is 5.46. The van der Waals surface area contributed by atoms with Crippen LogP contribution in [-0.2, 0) is 12.4 Å². The summed E-state index contributed by atoms with van der Waals surface area (Å²) in [7, 11) is 1.57. The molecule has 2 heterocycles. The van der Waals surface area contributed by atoms with Crippen LogP contribution in [0.4, 0.5) is 6.01 Å². The largest absolute Gasteiger partial charge is 0.481 e. The summed E-state index contributed by atoms with van der Waals surface area (Å²) in [4.78, 5) is 4.01. The Morgan fingerprint density at radius 1 is 1.47 bits per heavy atom. The molecule has 0 aliphatic heterocycles. The summed E-state index contributed by atoms with van der Waals surface area (Å²) in [6, 6.07) is 4.04. The molecule has 7 heteroatoms. The van der Waals surface area contributed by atoms with Crippen molar-refractivity contribution >= 4 is 17.6 Å². The fraction of sp³-hybridized carbons (Fsp3) is 0.300. The topological polar surface area (TPSA) is 73.1 Å². The van der Waals surface area contributed by atoms with Crippen LogP contribution in [0.15, 0.2) is 22.7 Å². The molecule has 0 radical (unpaired) electrons. The molecule has 0 unspecified atom stereocenters. The molecule has 2 aromatic heterocycles. The molecular weight excluding hydrogens is 244 g/mol. The Balaban J connectivity index is 1.96. The Bertz CT molecular complexity index is 489. The minimum absolute atomic E-state index is 0.206. The summed E-state index contributed by atoms with van der Waals surface area (Å²) in [5.74, 6) is 1.16. The molecule has 90 valence electrons. The van der Waals surface area contributed by atoms with Crippen molar-refractivity contribution in [3.8, 4) is 5.88 Å². The number of halogens is 1. The molecule has 0 amide bonds. The maximum Gasteiger partial charge on any atom is 0.315 e. The number of pyridine rings is 1. The maximum atomic E-state index is 5.55. The van der Waals surface area contributed by atoms with Gasteiger partial charge in [0.1, 0.15) is 5.88 Å². The van der Waals surface area contributed by atoms with Crippen molar-refractivity contribution in [1.82, 2.24) is 15.2 Å². The van der Waals surface area contributed by atoms with E-state index in [1.165, 1.54) is 0 Å². The molecule has 6 nitrogen and oxygen atoms in total. The zero-order valence-electron chi connectivity index (χ0n) is 9.18. The lowest BCUT2D eigenvalue weighted by Gasteiger charge is -2.03. The third-order valence-electron chi connectivity index (χ3n) is 2.03. The number of ether oxygens (including phenoxy) is 1. The molecule has 0 spiro atoms. The van der Waals surface area contributed by atoms with Crippen molar-refractivity contribution in [3.63, 3.8) is 0 Å². The van der Waals surface area contributed by atoms with Gasteiger partial charge in [-0.2, -0.15) is 0 Å². The van der Waals surface area contributed by atoms with Crippen LogP contribution in [0.2, 0.25) is 0 Å². The fourth-order valence-electron chi connectivity index (χ4n) is 1.23. The standard InChI is InChI=1S/C10H11ClN4O2/c1-16-8-4-7(2-3-12-8)6-13-10-15-14-9(5-11)17-10/h2-4H,5-6H2,1H3,(H,13,15). The SMILES string of the molecule is COc1cc(CNc2nnc(CCl)o2)ccn1. The summed E-state index contributed by atoms with van der Waals surface area (Å²) >= 11 is 5.55. The second-order valence-corrected chi connectivity index (χ2v) is 3.46. The first-order valence-electron chi connectivity index (χ1n) is 4.93. The summed E-state index contributed by atoms with van der Waals surface area (Å²) in [5, 5.41) is 10.5. The highest BCUT2D eigenvalue weighted by atomic mass is 35.5. The van der Waals surface area contributed by atoms with Crippen LogP contribution in [0, 0.1) is 0 Å². The highest BCUT2D eigenvalue weighted by Gasteiger charge is 2.04. The van der Waals surface area contributed by atoms with Gasteiger partial charge in [0.15, 0.2) is 0 Å². The number of nitrogens with one attached hydrogen (secondary N) is 1. The Kier molecular flexibility index (Phi) is 3.77. The molecule has 0 aromatic carbocycles. The third-order valence-corrected chi connectivity index (χ3v) is 2.26. The van der Waals surface area contributed by atoms with E-state index in [1.807, 2.05) is 12.1 Å². The molecule has 0 atom stereocenters. The normalized spacial score (nSPS) is 10.2. The van der Waals surface area contributed by atoms with Gasteiger partial charge in [-0.3, -0.25) is 0 Å². The molecule has 17 heavy (non-hydrogen) atoms. The zero-order valence-corrected chi connectivity index (χ0v) is 9.94. The van der Waals surface area contributed by atoms with Crippen molar-refractivity contribution in [2.75, 3.05) is 12.4 Å². The van der Waals surface area contributed by atoms with Crippen LogP contribution in [0.5, 0.6) is 5.88 Å². The third kappa shape index (κ3) is 3.07. The van der Waals surface area contributed by atoms with Crippen LogP contribution in [0.1, 0.15) is 11.5 Å². The lowest BCUT2D eigenvalue weighted by atomic mass is 10.2. The monoisotopic (exact) mass is 254 g/mol. The molecule has 0 bridgehead atoms. The van der Waals surface area contributed by atoms with E-state index in [1.54, 1.807) is 13.3 Å². The van der Waals surface area contributed by atoms with E-state index >= 15 is 0 Å². The van der Waals surface area contributed by atoms with Gasteiger partial charge in [0, 0.05) is 18.8 Å². The molecule has 0 fully saturated rings. The summed E-state index contributed by atoms with van der Waals surface area (Å²) in [6.07, 6.45) is 1.67. The van der Waals surface area contributed by atoms with Crippen LogP contribution in [-0.4, -0.2) is 22.3 Å². The van der Waals surface area contributed by atoms with Crippen LogP contribution in [0.25, 0.3) is 0 Å². The fourth-order valence-corrected chi connectivity index (χ4v) is 1.34. The van der Waals surface area contributed by atoms with Crippen molar-refractivity contribution in [3.05, 3.63) is 29.8 Å². The van der Waals surface area contributed by atoms with E-state index in [2.05, 4.69) is 20.5 Å². The molecule has 0 saturated carbocycles. The van der Waals surface area contributed by atoms with Gasteiger partial charge in [0.05, 0.1) is 7.11 Å². The van der Waals surface area contributed by atoms with E-state index in [0.717, 1.165) is 5.56 Å². The number of methoxy groups -OCH3 is 1. The van der Waals surface area contributed by atoms with E-state index in [9.17, 15) is 0 Å². The number of hydrogen-bond acceptors (Lipinski definition) is 6. The average Bonchev–Trinajstić information content (AvgIpc) is 2.84. The van der Waals surface area contributed by atoms with E-state index in [0.29, 0.717) is 24.3 Å². The number of rotatable bonds is 5. The first kappa shape index (κ1) is 11.7.